The Labute approximate surface area is 226 Å². The van der Waals surface area contributed by atoms with Gasteiger partial charge in [0.15, 0.2) is 6.10 Å². The van der Waals surface area contributed by atoms with Crippen molar-refractivity contribution in [1.82, 2.24) is 10.2 Å². The Bertz CT molecular complexity index is 1320. The van der Waals surface area contributed by atoms with Crippen molar-refractivity contribution in [1.29, 1.82) is 0 Å². The normalized spacial score (nSPS) is 18.8. The molecule has 2 aliphatic rings. The van der Waals surface area contributed by atoms with Crippen molar-refractivity contribution >= 4 is 57.7 Å². The molecule has 0 bridgehead atoms. The van der Waals surface area contributed by atoms with Gasteiger partial charge in [-0.15, -0.1) is 11.8 Å². The Morgan fingerprint density at radius 1 is 1.03 bits per heavy atom. The molecule has 10 heteroatoms. The average molecular weight is 553 g/mol. The van der Waals surface area contributed by atoms with Crippen LogP contribution in [0.15, 0.2) is 88.8 Å². The summed E-state index contributed by atoms with van der Waals surface area (Å²) in [5.41, 5.74) is 2.15. The van der Waals surface area contributed by atoms with E-state index in [4.69, 9.17) is 16.3 Å². The Balaban J connectivity index is 1.39. The number of esters is 1. The van der Waals surface area contributed by atoms with Crippen LogP contribution in [0.5, 0.6) is 0 Å². The highest BCUT2D eigenvalue weighted by molar-refractivity contribution is 8.00. The van der Waals surface area contributed by atoms with Crippen LogP contribution in [0.3, 0.4) is 0 Å². The lowest BCUT2D eigenvalue weighted by Gasteiger charge is -2.49. The summed E-state index contributed by atoms with van der Waals surface area (Å²) in [7, 11) is 0. The zero-order chi connectivity index (χ0) is 25.9. The summed E-state index contributed by atoms with van der Waals surface area (Å²) in [4.78, 5) is 52.7. The van der Waals surface area contributed by atoms with Crippen molar-refractivity contribution in [2.75, 3.05) is 5.75 Å². The minimum absolute atomic E-state index is 0.00388. The number of amides is 2. The van der Waals surface area contributed by atoms with Crippen LogP contribution in [0.1, 0.15) is 22.8 Å². The van der Waals surface area contributed by atoms with E-state index in [9.17, 15) is 19.2 Å². The fraction of sp³-hybridized carbons (Fsp3) is 0.185. The van der Waals surface area contributed by atoms with E-state index in [1.165, 1.54) is 28.0 Å². The summed E-state index contributed by atoms with van der Waals surface area (Å²) in [6.07, 6.45) is -0.615. The Hall–Kier alpha value is -3.40. The lowest BCUT2D eigenvalue weighted by molar-refractivity contribution is -0.154. The summed E-state index contributed by atoms with van der Waals surface area (Å²) in [5, 5.41) is 5.13. The number of thiophene rings is 1. The van der Waals surface area contributed by atoms with Gasteiger partial charge in [0.1, 0.15) is 17.1 Å². The van der Waals surface area contributed by atoms with Crippen molar-refractivity contribution in [3.63, 3.8) is 0 Å². The number of carbonyl (C=O) groups excluding carboxylic acids is 4. The summed E-state index contributed by atoms with van der Waals surface area (Å²) in [5.74, 6) is -1.51. The molecule has 1 N–H and O–H groups in total. The monoisotopic (exact) mass is 552 g/mol. The third-order valence-corrected chi connectivity index (χ3v) is 8.33. The first-order valence-corrected chi connectivity index (χ1v) is 13.8. The number of thioether (sulfide) groups is 1. The molecule has 0 radical (unpaired) electrons. The van der Waals surface area contributed by atoms with Crippen LogP contribution in [0.25, 0.3) is 0 Å². The van der Waals surface area contributed by atoms with Crippen LogP contribution in [-0.4, -0.2) is 45.1 Å². The predicted molar refractivity (Wildman–Crippen MR) is 142 cm³/mol. The number of benzene rings is 2. The molecule has 1 unspecified atom stereocenters. The first-order chi connectivity index (χ1) is 17.9. The SMILES string of the molecule is O=C(Cc1ccsc1)NC1C(=O)N2C(C(=O)OC(c3ccccc3)c3ccccc3)=C(C(=O)Cl)CS[C@@H]12. The molecule has 7 nitrogen and oxygen atoms in total. The van der Waals surface area contributed by atoms with Gasteiger partial charge in [0.2, 0.25) is 5.91 Å². The third-order valence-electron chi connectivity index (χ3n) is 6.09. The van der Waals surface area contributed by atoms with E-state index in [1.54, 1.807) is 0 Å². The lowest BCUT2D eigenvalue weighted by Crippen LogP contribution is -2.70. The molecule has 2 amide bonds. The summed E-state index contributed by atoms with van der Waals surface area (Å²) >= 11 is 8.58. The number of hydrogen-bond donors (Lipinski definition) is 1. The molecule has 1 fully saturated rings. The van der Waals surface area contributed by atoms with Gasteiger partial charge in [0.25, 0.3) is 11.1 Å². The minimum Gasteiger partial charge on any atom is -0.448 e. The molecule has 1 aromatic heterocycles. The van der Waals surface area contributed by atoms with Crippen LogP contribution in [0.4, 0.5) is 0 Å². The second-order valence-electron chi connectivity index (χ2n) is 8.47. The fourth-order valence-electron chi connectivity index (χ4n) is 4.31. The second-order valence-corrected chi connectivity index (χ2v) is 10.7. The van der Waals surface area contributed by atoms with Gasteiger partial charge in [-0.25, -0.2) is 4.79 Å². The zero-order valence-electron chi connectivity index (χ0n) is 19.3. The molecular formula is C27H21ClN2O5S2. The molecule has 1 saturated heterocycles. The van der Waals surface area contributed by atoms with Gasteiger partial charge >= 0.3 is 5.97 Å². The lowest BCUT2D eigenvalue weighted by atomic mass is 10.0. The number of hydrogen-bond acceptors (Lipinski definition) is 7. The number of carbonyl (C=O) groups is 4. The Morgan fingerprint density at radius 2 is 1.68 bits per heavy atom. The van der Waals surface area contributed by atoms with Crippen molar-refractivity contribution in [3.8, 4) is 0 Å². The van der Waals surface area contributed by atoms with E-state index >= 15 is 0 Å². The predicted octanol–water partition coefficient (Wildman–Crippen LogP) is 4.04. The minimum atomic E-state index is -0.830. The third kappa shape index (κ3) is 5.20. The van der Waals surface area contributed by atoms with Crippen LogP contribution >= 0.6 is 34.7 Å². The second kappa shape index (κ2) is 10.9. The van der Waals surface area contributed by atoms with Crippen LogP contribution in [0.2, 0.25) is 0 Å². The standard InChI is InChI=1S/C27H21ClN2O5S2/c28-24(32)19-15-37-26-21(29-20(31)13-16-11-12-36-14-16)25(33)30(26)22(19)27(34)35-23(17-7-3-1-4-8-17)18-9-5-2-6-10-18/h1-12,14,21,23,26H,13,15H2,(H,29,31)/t21?,26-/m0/s1. The first kappa shape index (κ1) is 25.3. The number of nitrogens with zero attached hydrogens (tertiary/aromatic N) is 1. The fourth-order valence-corrected chi connectivity index (χ4v) is 6.55. The molecule has 0 aliphatic carbocycles. The molecule has 2 atom stereocenters. The quantitative estimate of drug-likeness (QED) is 0.257. The molecule has 3 aromatic rings. The van der Waals surface area contributed by atoms with Gasteiger partial charge in [-0.05, 0) is 45.1 Å². The molecule has 3 heterocycles. The molecule has 37 heavy (non-hydrogen) atoms. The van der Waals surface area contributed by atoms with E-state index in [-0.39, 0.29) is 29.4 Å². The maximum Gasteiger partial charge on any atom is 0.356 e. The molecule has 0 saturated carbocycles. The Morgan fingerprint density at radius 3 is 2.24 bits per heavy atom. The highest BCUT2D eigenvalue weighted by atomic mass is 35.5. The summed E-state index contributed by atoms with van der Waals surface area (Å²) in [6.45, 7) is 0. The van der Waals surface area contributed by atoms with Crippen LogP contribution < -0.4 is 5.32 Å². The maximum atomic E-state index is 13.6. The topological polar surface area (TPSA) is 92.8 Å². The van der Waals surface area contributed by atoms with Crippen molar-refractivity contribution in [2.24, 2.45) is 0 Å². The number of nitrogens with one attached hydrogen (secondary N) is 1. The Kier molecular flexibility index (Phi) is 7.45. The number of ether oxygens (including phenoxy) is 1. The number of halogens is 1. The summed E-state index contributed by atoms with van der Waals surface area (Å²) < 4.78 is 5.93. The zero-order valence-corrected chi connectivity index (χ0v) is 21.7. The largest absolute Gasteiger partial charge is 0.448 e. The molecule has 5 rings (SSSR count). The highest BCUT2D eigenvalue weighted by Crippen LogP contribution is 2.42. The van der Waals surface area contributed by atoms with E-state index in [0.29, 0.717) is 0 Å². The number of fused-ring (bicyclic) bond motifs is 1. The van der Waals surface area contributed by atoms with Crippen LogP contribution in [-0.2, 0) is 30.3 Å². The van der Waals surface area contributed by atoms with Gasteiger partial charge in [0, 0.05) is 5.75 Å². The van der Waals surface area contributed by atoms with Gasteiger partial charge in [-0.3, -0.25) is 19.3 Å². The van der Waals surface area contributed by atoms with Crippen LogP contribution in [0, 0.1) is 0 Å². The molecule has 188 valence electrons. The van der Waals surface area contributed by atoms with Gasteiger partial charge in [0.05, 0.1) is 12.0 Å². The van der Waals surface area contributed by atoms with Gasteiger partial charge in [-0.2, -0.15) is 11.3 Å². The van der Waals surface area contributed by atoms with Gasteiger partial charge in [-0.1, -0.05) is 60.7 Å². The molecule has 0 spiro atoms. The smallest absolute Gasteiger partial charge is 0.356 e. The average Bonchev–Trinajstić information content (AvgIpc) is 3.43. The highest BCUT2D eigenvalue weighted by Gasteiger charge is 2.55. The molecule has 2 aliphatic heterocycles. The van der Waals surface area contributed by atoms with E-state index in [0.717, 1.165) is 16.7 Å². The van der Waals surface area contributed by atoms with E-state index < -0.39 is 34.6 Å². The van der Waals surface area contributed by atoms with Crippen molar-refractivity contribution in [3.05, 3.63) is 105 Å². The maximum absolute atomic E-state index is 13.6. The first-order valence-electron chi connectivity index (χ1n) is 11.4. The molecular weight excluding hydrogens is 532 g/mol. The molecule has 2 aromatic carbocycles. The number of rotatable bonds is 8. The van der Waals surface area contributed by atoms with E-state index in [1.807, 2.05) is 77.5 Å². The number of β-lactam (4-membered cyclic amide) rings is 1. The van der Waals surface area contributed by atoms with Crippen molar-refractivity contribution < 1.29 is 23.9 Å². The van der Waals surface area contributed by atoms with E-state index in [2.05, 4.69) is 5.32 Å². The summed E-state index contributed by atoms with van der Waals surface area (Å²) in [6, 6.07) is 19.4. The van der Waals surface area contributed by atoms with Gasteiger partial charge < -0.3 is 10.1 Å². The van der Waals surface area contributed by atoms with Crippen molar-refractivity contribution in [2.45, 2.75) is 23.9 Å².